The fourth-order valence-corrected chi connectivity index (χ4v) is 4.45. The highest BCUT2D eigenvalue weighted by atomic mass is 35.5. The van der Waals surface area contributed by atoms with Crippen LogP contribution in [-0.4, -0.2) is 58.4 Å². The zero-order valence-electron chi connectivity index (χ0n) is 18.6. The number of nitrogens with zero attached hydrogens (tertiary/aromatic N) is 2. The Morgan fingerprint density at radius 1 is 1.36 bits per heavy atom. The fourth-order valence-electron chi connectivity index (χ4n) is 4.23. The van der Waals surface area contributed by atoms with Gasteiger partial charge in [-0.2, -0.15) is 4.98 Å². The van der Waals surface area contributed by atoms with Crippen LogP contribution in [0, 0.1) is 5.92 Å². The quantitative estimate of drug-likeness (QED) is 0.480. The van der Waals surface area contributed by atoms with Crippen molar-refractivity contribution in [2.75, 3.05) is 25.6 Å². The molecule has 8 nitrogen and oxygen atoms in total. The standard InChI is InChI=1S/C24H28ClN3O5/c1-14-13-28(18(6-7-29)11-20(14)30)23(31)16-9-19-22(21(10-16)32-2)33-24(27-19)26-12-15-4-3-5-17(25)8-15/h3-5,8-10,14,18,20,29-30H,6-7,11-13H2,1-2H3,(H,26,27). The van der Waals surface area contributed by atoms with Gasteiger partial charge < -0.3 is 29.6 Å². The van der Waals surface area contributed by atoms with Crippen LogP contribution in [0.25, 0.3) is 11.1 Å². The average molecular weight is 474 g/mol. The molecule has 2 heterocycles. The molecule has 1 aliphatic heterocycles. The van der Waals surface area contributed by atoms with E-state index in [4.69, 9.17) is 20.8 Å². The monoisotopic (exact) mass is 473 g/mol. The maximum Gasteiger partial charge on any atom is 0.296 e. The van der Waals surface area contributed by atoms with Crippen molar-refractivity contribution in [3.63, 3.8) is 0 Å². The number of amides is 1. The molecular weight excluding hydrogens is 446 g/mol. The number of rotatable bonds is 7. The minimum atomic E-state index is -0.494. The van der Waals surface area contributed by atoms with Gasteiger partial charge in [0, 0.05) is 36.3 Å². The molecule has 2 aromatic carbocycles. The summed E-state index contributed by atoms with van der Waals surface area (Å²) in [6.45, 7) is 2.75. The third kappa shape index (κ3) is 5.08. The van der Waals surface area contributed by atoms with Crippen molar-refractivity contribution in [1.29, 1.82) is 0 Å². The number of carbonyl (C=O) groups excluding carboxylic acids is 1. The Kier molecular flexibility index (Phi) is 7.07. The minimum Gasteiger partial charge on any atom is -0.493 e. The van der Waals surface area contributed by atoms with Gasteiger partial charge in [-0.1, -0.05) is 30.7 Å². The van der Waals surface area contributed by atoms with Crippen molar-refractivity contribution in [2.45, 2.75) is 38.5 Å². The average Bonchev–Trinajstić information content (AvgIpc) is 3.22. The first-order chi connectivity index (χ1) is 15.9. The third-order valence-corrected chi connectivity index (χ3v) is 6.31. The van der Waals surface area contributed by atoms with E-state index in [1.54, 1.807) is 17.0 Å². The van der Waals surface area contributed by atoms with E-state index >= 15 is 0 Å². The lowest BCUT2D eigenvalue weighted by molar-refractivity contribution is -0.00160. The van der Waals surface area contributed by atoms with Crippen LogP contribution < -0.4 is 10.1 Å². The van der Waals surface area contributed by atoms with Crippen LogP contribution in [0.15, 0.2) is 40.8 Å². The number of benzene rings is 2. The summed E-state index contributed by atoms with van der Waals surface area (Å²) in [5.41, 5.74) is 2.33. The number of hydrogen-bond donors (Lipinski definition) is 3. The number of aliphatic hydroxyl groups excluding tert-OH is 2. The summed E-state index contributed by atoms with van der Waals surface area (Å²) in [5, 5.41) is 23.5. The van der Waals surface area contributed by atoms with Gasteiger partial charge in [-0.05, 0) is 48.6 Å². The lowest BCUT2D eigenvalue weighted by Crippen LogP contribution is -2.51. The molecule has 1 aromatic heterocycles. The maximum atomic E-state index is 13.4. The lowest BCUT2D eigenvalue weighted by atomic mass is 9.89. The number of methoxy groups -OCH3 is 1. The molecule has 0 saturated carbocycles. The van der Waals surface area contributed by atoms with Crippen molar-refractivity contribution in [1.82, 2.24) is 9.88 Å². The van der Waals surface area contributed by atoms with E-state index < -0.39 is 6.10 Å². The molecule has 1 amide bonds. The Bertz CT molecular complexity index is 1130. The van der Waals surface area contributed by atoms with Gasteiger partial charge >= 0.3 is 0 Å². The van der Waals surface area contributed by atoms with Crippen LogP contribution in [0.1, 0.15) is 35.7 Å². The maximum absolute atomic E-state index is 13.4. The largest absolute Gasteiger partial charge is 0.493 e. The highest BCUT2D eigenvalue weighted by molar-refractivity contribution is 6.30. The Balaban J connectivity index is 1.59. The first-order valence-corrected chi connectivity index (χ1v) is 11.3. The number of halogens is 1. The van der Waals surface area contributed by atoms with E-state index in [2.05, 4.69) is 10.3 Å². The predicted octanol–water partition coefficient (Wildman–Crippen LogP) is 3.70. The van der Waals surface area contributed by atoms with Crippen molar-refractivity contribution in [3.8, 4) is 5.75 Å². The molecule has 3 unspecified atom stereocenters. The van der Waals surface area contributed by atoms with Crippen LogP contribution in [0.2, 0.25) is 5.02 Å². The summed E-state index contributed by atoms with van der Waals surface area (Å²) in [4.78, 5) is 19.6. The number of piperidine rings is 1. The van der Waals surface area contributed by atoms with Gasteiger partial charge in [0.05, 0.1) is 13.2 Å². The summed E-state index contributed by atoms with van der Waals surface area (Å²) in [5.74, 6) is 0.163. The molecule has 3 N–H and O–H groups in total. The Hall–Kier alpha value is -2.81. The van der Waals surface area contributed by atoms with Gasteiger partial charge in [0.2, 0.25) is 0 Å². The smallest absolute Gasteiger partial charge is 0.296 e. The van der Waals surface area contributed by atoms with Crippen LogP contribution in [0.3, 0.4) is 0 Å². The number of aromatic nitrogens is 1. The summed E-state index contributed by atoms with van der Waals surface area (Å²) in [6, 6.07) is 10.9. The molecule has 1 saturated heterocycles. The second kappa shape index (κ2) is 9.99. The summed E-state index contributed by atoms with van der Waals surface area (Å²) < 4.78 is 11.3. The van der Waals surface area contributed by atoms with Gasteiger partial charge in [-0.3, -0.25) is 4.79 Å². The van der Waals surface area contributed by atoms with Gasteiger partial charge in [0.1, 0.15) is 5.52 Å². The van der Waals surface area contributed by atoms with Gasteiger partial charge in [-0.25, -0.2) is 0 Å². The molecule has 1 aliphatic rings. The molecular formula is C24H28ClN3O5. The van der Waals surface area contributed by atoms with Crippen molar-refractivity contribution in [2.24, 2.45) is 5.92 Å². The number of likely N-dealkylation sites (tertiary alicyclic amines) is 1. The number of ether oxygens (including phenoxy) is 1. The first kappa shape index (κ1) is 23.4. The molecule has 1 fully saturated rings. The third-order valence-electron chi connectivity index (χ3n) is 6.07. The molecule has 176 valence electrons. The van der Waals surface area contributed by atoms with Crippen molar-refractivity contribution in [3.05, 3.63) is 52.5 Å². The summed E-state index contributed by atoms with van der Waals surface area (Å²) in [7, 11) is 1.51. The van der Waals surface area contributed by atoms with Gasteiger partial charge in [0.25, 0.3) is 11.9 Å². The normalized spacial score (nSPS) is 20.8. The topological polar surface area (TPSA) is 108 Å². The Morgan fingerprint density at radius 2 is 2.18 bits per heavy atom. The van der Waals surface area contributed by atoms with Crippen LogP contribution in [0.5, 0.6) is 5.75 Å². The number of anilines is 1. The molecule has 4 rings (SSSR count). The van der Waals surface area contributed by atoms with E-state index in [1.165, 1.54) is 7.11 Å². The number of carbonyl (C=O) groups is 1. The molecule has 0 aliphatic carbocycles. The second-order valence-corrected chi connectivity index (χ2v) is 8.87. The van der Waals surface area contributed by atoms with Crippen LogP contribution in [0.4, 0.5) is 6.01 Å². The second-order valence-electron chi connectivity index (χ2n) is 8.43. The molecule has 0 bridgehead atoms. The van der Waals surface area contributed by atoms with Gasteiger partial charge in [0.15, 0.2) is 11.3 Å². The summed E-state index contributed by atoms with van der Waals surface area (Å²) >= 11 is 6.04. The molecule has 33 heavy (non-hydrogen) atoms. The van der Waals surface area contributed by atoms with Crippen molar-refractivity contribution >= 4 is 34.6 Å². The molecule has 9 heteroatoms. The van der Waals surface area contributed by atoms with E-state index in [1.807, 2.05) is 31.2 Å². The number of aliphatic hydroxyl groups is 2. The number of fused-ring (bicyclic) bond motifs is 1. The van der Waals surface area contributed by atoms with Crippen LogP contribution in [-0.2, 0) is 6.54 Å². The highest BCUT2D eigenvalue weighted by Crippen LogP contribution is 2.32. The zero-order valence-corrected chi connectivity index (χ0v) is 19.4. The van der Waals surface area contributed by atoms with E-state index in [9.17, 15) is 15.0 Å². The lowest BCUT2D eigenvalue weighted by Gasteiger charge is -2.41. The number of oxazole rings is 1. The van der Waals surface area contributed by atoms with E-state index in [0.717, 1.165) is 5.56 Å². The summed E-state index contributed by atoms with van der Waals surface area (Å²) in [6.07, 6.45) is 0.358. The zero-order chi connectivity index (χ0) is 23.5. The first-order valence-electron chi connectivity index (χ1n) is 11.0. The van der Waals surface area contributed by atoms with Crippen LogP contribution >= 0.6 is 11.6 Å². The molecule has 3 aromatic rings. The predicted molar refractivity (Wildman–Crippen MR) is 126 cm³/mol. The minimum absolute atomic E-state index is 0.0520. The fraction of sp³-hybridized carbons (Fsp3) is 0.417. The molecule has 3 atom stereocenters. The Labute approximate surface area is 197 Å². The Morgan fingerprint density at radius 3 is 2.91 bits per heavy atom. The number of nitrogens with one attached hydrogen (secondary N) is 1. The van der Waals surface area contributed by atoms with Crippen molar-refractivity contribution < 1.29 is 24.2 Å². The van der Waals surface area contributed by atoms with E-state index in [0.29, 0.717) is 59.4 Å². The van der Waals surface area contributed by atoms with E-state index in [-0.39, 0.29) is 24.5 Å². The molecule has 0 spiro atoms. The highest BCUT2D eigenvalue weighted by Gasteiger charge is 2.35. The number of hydrogen-bond acceptors (Lipinski definition) is 7. The molecule has 0 radical (unpaired) electrons. The SMILES string of the molecule is COc1cc(C(=O)N2CC(C)C(O)CC2CCO)cc2nc(NCc3cccc(Cl)c3)oc12. The van der Waals surface area contributed by atoms with Gasteiger partial charge in [-0.15, -0.1) is 0 Å².